The maximum atomic E-state index is 6.02. The molecule has 0 unspecified atom stereocenters. The van der Waals surface area contributed by atoms with Gasteiger partial charge in [-0.05, 0) is 61.4 Å². The second kappa shape index (κ2) is 6.60. The Morgan fingerprint density at radius 1 is 0.957 bits per heavy atom. The van der Waals surface area contributed by atoms with Gasteiger partial charge in [-0.2, -0.15) is 0 Å². The van der Waals surface area contributed by atoms with E-state index in [1.165, 1.54) is 0 Å². The van der Waals surface area contributed by atoms with Crippen molar-refractivity contribution in [3.8, 4) is 17.2 Å². The molecule has 0 spiro atoms. The minimum atomic E-state index is 0.198. The third-order valence-corrected chi connectivity index (χ3v) is 3.79. The predicted octanol–water partition coefficient (Wildman–Crippen LogP) is 5.24. The van der Waals surface area contributed by atoms with Crippen LogP contribution in [0.25, 0.3) is 11.5 Å². The van der Waals surface area contributed by atoms with Crippen LogP contribution >= 0.6 is 23.2 Å². The van der Waals surface area contributed by atoms with Crippen molar-refractivity contribution in [1.82, 2.24) is 10.2 Å². The standard InChI is InChI=1S/C17H14Cl2N2O2/c1-10-7-14(19)8-11(2)16(10)22-9-15-20-21-17(23-15)12-3-5-13(18)6-4-12/h3-8H,9H2,1-2H3. The molecule has 3 rings (SSSR count). The SMILES string of the molecule is Cc1cc(Cl)cc(C)c1OCc1nnc(-c2ccc(Cl)cc2)o1. The lowest BCUT2D eigenvalue weighted by Crippen LogP contribution is -1.99. The van der Waals surface area contributed by atoms with Gasteiger partial charge in [-0.25, -0.2) is 0 Å². The van der Waals surface area contributed by atoms with E-state index in [2.05, 4.69) is 10.2 Å². The van der Waals surface area contributed by atoms with Gasteiger partial charge >= 0.3 is 0 Å². The molecule has 0 aliphatic heterocycles. The first kappa shape index (κ1) is 15.8. The topological polar surface area (TPSA) is 48.2 Å². The van der Waals surface area contributed by atoms with E-state index >= 15 is 0 Å². The average molecular weight is 349 g/mol. The molecule has 0 fully saturated rings. The Balaban J connectivity index is 1.74. The van der Waals surface area contributed by atoms with Gasteiger partial charge in [0.15, 0.2) is 6.61 Å². The highest BCUT2D eigenvalue weighted by Gasteiger charge is 2.11. The molecule has 0 saturated heterocycles. The van der Waals surface area contributed by atoms with E-state index in [1.807, 2.05) is 38.1 Å². The molecule has 0 aliphatic carbocycles. The Bertz CT molecular complexity index is 806. The molecule has 1 heterocycles. The summed E-state index contributed by atoms with van der Waals surface area (Å²) in [5, 5.41) is 9.38. The van der Waals surface area contributed by atoms with E-state index in [9.17, 15) is 0 Å². The summed E-state index contributed by atoms with van der Waals surface area (Å²) >= 11 is 11.9. The summed E-state index contributed by atoms with van der Waals surface area (Å²) < 4.78 is 11.4. The van der Waals surface area contributed by atoms with Crippen LogP contribution in [-0.2, 0) is 6.61 Å². The Morgan fingerprint density at radius 2 is 1.61 bits per heavy atom. The Kier molecular flexibility index (Phi) is 4.55. The van der Waals surface area contributed by atoms with E-state index in [4.69, 9.17) is 32.4 Å². The Labute approximate surface area is 144 Å². The molecule has 2 aromatic carbocycles. The molecule has 0 radical (unpaired) electrons. The maximum Gasteiger partial charge on any atom is 0.254 e. The molecule has 0 aliphatic rings. The molecular formula is C17H14Cl2N2O2. The van der Waals surface area contributed by atoms with Crippen LogP contribution in [0.5, 0.6) is 5.75 Å². The van der Waals surface area contributed by atoms with E-state index < -0.39 is 0 Å². The number of benzene rings is 2. The van der Waals surface area contributed by atoms with Crippen molar-refractivity contribution < 1.29 is 9.15 Å². The van der Waals surface area contributed by atoms with Crippen LogP contribution in [0, 0.1) is 13.8 Å². The normalized spacial score (nSPS) is 10.8. The van der Waals surface area contributed by atoms with Gasteiger partial charge in [-0.1, -0.05) is 23.2 Å². The summed E-state index contributed by atoms with van der Waals surface area (Å²) in [6.45, 7) is 4.09. The molecule has 0 amide bonds. The molecule has 3 aromatic rings. The molecule has 0 bridgehead atoms. The van der Waals surface area contributed by atoms with Gasteiger partial charge in [0.1, 0.15) is 5.75 Å². The van der Waals surface area contributed by atoms with E-state index in [0.29, 0.717) is 21.8 Å². The van der Waals surface area contributed by atoms with Gasteiger partial charge < -0.3 is 9.15 Å². The molecule has 0 N–H and O–H groups in total. The quantitative estimate of drug-likeness (QED) is 0.646. The zero-order valence-electron chi connectivity index (χ0n) is 12.6. The number of halogens is 2. The number of aromatic nitrogens is 2. The summed E-state index contributed by atoms with van der Waals surface area (Å²) in [7, 11) is 0. The average Bonchev–Trinajstić information content (AvgIpc) is 2.96. The molecule has 118 valence electrons. The summed E-state index contributed by atoms with van der Waals surface area (Å²) in [5.41, 5.74) is 2.74. The van der Waals surface area contributed by atoms with Gasteiger partial charge in [0.25, 0.3) is 5.89 Å². The predicted molar refractivity (Wildman–Crippen MR) is 90.0 cm³/mol. The number of nitrogens with zero attached hydrogens (tertiary/aromatic N) is 2. The third kappa shape index (κ3) is 3.66. The van der Waals surface area contributed by atoms with Gasteiger partial charge in [0, 0.05) is 15.6 Å². The number of hydrogen-bond acceptors (Lipinski definition) is 4. The highest BCUT2D eigenvalue weighted by Crippen LogP contribution is 2.28. The van der Waals surface area contributed by atoms with Crippen LogP contribution in [0.3, 0.4) is 0 Å². The minimum Gasteiger partial charge on any atom is -0.483 e. The smallest absolute Gasteiger partial charge is 0.254 e. The van der Waals surface area contributed by atoms with Crippen molar-refractivity contribution >= 4 is 23.2 Å². The lowest BCUT2D eigenvalue weighted by Gasteiger charge is -2.10. The van der Waals surface area contributed by atoms with Crippen molar-refractivity contribution in [3.05, 3.63) is 63.5 Å². The molecule has 1 aromatic heterocycles. The van der Waals surface area contributed by atoms with Crippen LogP contribution in [0.4, 0.5) is 0 Å². The van der Waals surface area contributed by atoms with Crippen LogP contribution in [0.1, 0.15) is 17.0 Å². The lowest BCUT2D eigenvalue weighted by atomic mass is 10.1. The largest absolute Gasteiger partial charge is 0.483 e. The summed E-state index contributed by atoms with van der Waals surface area (Å²) in [6, 6.07) is 10.9. The highest BCUT2D eigenvalue weighted by molar-refractivity contribution is 6.31. The van der Waals surface area contributed by atoms with Crippen molar-refractivity contribution in [2.24, 2.45) is 0 Å². The second-order valence-corrected chi connectivity index (χ2v) is 6.04. The number of ether oxygens (including phenoxy) is 1. The zero-order chi connectivity index (χ0) is 16.4. The van der Waals surface area contributed by atoms with Gasteiger partial charge in [-0.15, -0.1) is 10.2 Å². The van der Waals surface area contributed by atoms with E-state index in [-0.39, 0.29) is 6.61 Å². The van der Waals surface area contributed by atoms with Crippen molar-refractivity contribution in [1.29, 1.82) is 0 Å². The first-order valence-corrected chi connectivity index (χ1v) is 7.76. The fourth-order valence-corrected chi connectivity index (χ4v) is 2.73. The van der Waals surface area contributed by atoms with Gasteiger partial charge in [0.2, 0.25) is 5.89 Å². The first-order chi connectivity index (χ1) is 11.0. The Hall–Kier alpha value is -2.04. The second-order valence-electron chi connectivity index (χ2n) is 5.17. The monoisotopic (exact) mass is 348 g/mol. The molecule has 4 nitrogen and oxygen atoms in total. The van der Waals surface area contributed by atoms with Crippen LogP contribution in [-0.4, -0.2) is 10.2 Å². The lowest BCUT2D eigenvalue weighted by molar-refractivity contribution is 0.261. The van der Waals surface area contributed by atoms with Crippen molar-refractivity contribution in [3.63, 3.8) is 0 Å². The fraction of sp³-hybridized carbons (Fsp3) is 0.176. The molecular weight excluding hydrogens is 335 g/mol. The molecule has 0 saturated carbocycles. The number of aryl methyl sites for hydroxylation is 2. The summed E-state index contributed by atoms with van der Waals surface area (Å²) in [6.07, 6.45) is 0. The first-order valence-electron chi connectivity index (χ1n) is 7.01. The van der Waals surface area contributed by atoms with Gasteiger partial charge in [0.05, 0.1) is 0 Å². The van der Waals surface area contributed by atoms with Crippen LogP contribution in [0.2, 0.25) is 10.0 Å². The molecule has 23 heavy (non-hydrogen) atoms. The summed E-state index contributed by atoms with van der Waals surface area (Å²) in [4.78, 5) is 0. The fourth-order valence-electron chi connectivity index (χ4n) is 2.28. The van der Waals surface area contributed by atoms with Crippen LogP contribution in [0.15, 0.2) is 40.8 Å². The highest BCUT2D eigenvalue weighted by atomic mass is 35.5. The maximum absolute atomic E-state index is 6.02. The summed E-state index contributed by atoms with van der Waals surface area (Å²) in [5.74, 6) is 1.62. The molecule has 0 atom stereocenters. The minimum absolute atomic E-state index is 0.198. The van der Waals surface area contributed by atoms with Gasteiger partial charge in [-0.3, -0.25) is 0 Å². The Morgan fingerprint density at radius 3 is 2.26 bits per heavy atom. The van der Waals surface area contributed by atoms with E-state index in [1.54, 1.807) is 12.1 Å². The number of rotatable bonds is 4. The molecule has 6 heteroatoms. The third-order valence-electron chi connectivity index (χ3n) is 3.32. The van der Waals surface area contributed by atoms with E-state index in [0.717, 1.165) is 22.4 Å². The van der Waals surface area contributed by atoms with Crippen molar-refractivity contribution in [2.45, 2.75) is 20.5 Å². The number of hydrogen-bond donors (Lipinski definition) is 0. The zero-order valence-corrected chi connectivity index (χ0v) is 14.1. The van der Waals surface area contributed by atoms with Crippen LogP contribution < -0.4 is 4.74 Å². The van der Waals surface area contributed by atoms with Crippen molar-refractivity contribution in [2.75, 3.05) is 0 Å².